The van der Waals surface area contributed by atoms with Gasteiger partial charge in [-0.1, -0.05) is 30.3 Å². The average molecular weight is 307 g/mol. The van der Waals surface area contributed by atoms with E-state index in [1.54, 1.807) is 7.05 Å². The molecule has 3 amide bonds. The summed E-state index contributed by atoms with van der Waals surface area (Å²) in [5, 5.41) is 13.6. The van der Waals surface area contributed by atoms with Gasteiger partial charge in [0.15, 0.2) is 0 Å². The molecule has 0 spiro atoms. The van der Waals surface area contributed by atoms with Crippen molar-refractivity contribution in [3.8, 4) is 0 Å². The van der Waals surface area contributed by atoms with E-state index in [1.165, 1.54) is 11.8 Å². The monoisotopic (exact) mass is 307 g/mol. The van der Waals surface area contributed by atoms with Crippen LogP contribution >= 0.6 is 0 Å². The maximum Gasteiger partial charge on any atom is 0.325 e. The fourth-order valence-corrected chi connectivity index (χ4v) is 1.72. The van der Waals surface area contributed by atoms with Crippen LogP contribution in [0.4, 0.5) is 4.79 Å². The van der Waals surface area contributed by atoms with E-state index in [0.717, 1.165) is 5.56 Å². The zero-order valence-electron chi connectivity index (χ0n) is 12.7. The Morgan fingerprint density at radius 1 is 1.23 bits per heavy atom. The number of hydrogen-bond acceptors (Lipinski definition) is 3. The van der Waals surface area contributed by atoms with Gasteiger partial charge in [-0.05, 0) is 12.5 Å². The Bertz CT molecular complexity index is 519. The number of rotatable bonds is 7. The molecule has 1 atom stereocenters. The molecule has 0 aromatic heterocycles. The molecule has 1 aromatic rings. The molecule has 1 unspecified atom stereocenters. The van der Waals surface area contributed by atoms with Gasteiger partial charge < -0.3 is 20.6 Å². The van der Waals surface area contributed by atoms with E-state index in [-0.39, 0.29) is 19.0 Å². The third kappa shape index (κ3) is 6.25. The van der Waals surface area contributed by atoms with Crippen molar-refractivity contribution in [3.05, 3.63) is 35.9 Å². The first-order valence-corrected chi connectivity index (χ1v) is 6.95. The first-order chi connectivity index (χ1) is 10.4. The summed E-state index contributed by atoms with van der Waals surface area (Å²) in [5.74, 6) is -1.51. The fourth-order valence-electron chi connectivity index (χ4n) is 1.72. The average Bonchev–Trinajstić information content (AvgIpc) is 2.47. The van der Waals surface area contributed by atoms with Gasteiger partial charge >= 0.3 is 12.0 Å². The van der Waals surface area contributed by atoms with Gasteiger partial charge in [0.1, 0.15) is 6.04 Å². The number of hydrogen-bond donors (Lipinski definition) is 3. The van der Waals surface area contributed by atoms with Crippen LogP contribution < -0.4 is 10.6 Å². The molecule has 7 heteroatoms. The lowest BCUT2D eigenvalue weighted by Gasteiger charge is -2.18. The van der Waals surface area contributed by atoms with E-state index in [1.807, 2.05) is 30.3 Å². The third-order valence-electron chi connectivity index (χ3n) is 2.99. The van der Waals surface area contributed by atoms with Crippen molar-refractivity contribution in [1.82, 2.24) is 15.5 Å². The van der Waals surface area contributed by atoms with E-state index in [0.29, 0.717) is 6.54 Å². The van der Waals surface area contributed by atoms with Gasteiger partial charge in [-0.15, -0.1) is 0 Å². The number of carbonyl (C=O) groups excluding carboxylic acids is 2. The van der Waals surface area contributed by atoms with Gasteiger partial charge in [-0.2, -0.15) is 0 Å². The lowest BCUT2D eigenvalue weighted by Crippen LogP contribution is -2.41. The van der Waals surface area contributed by atoms with Crippen LogP contribution in [0.3, 0.4) is 0 Å². The zero-order valence-corrected chi connectivity index (χ0v) is 12.7. The van der Waals surface area contributed by atoms with Crippen LogP contribution in [0, 0.1) is 0 Å². The lowest BCUT2D eigenvalue weighted by atomic mass is 10.2. The number of nitrogens with zero attached hydrogens (tertiary/aromatic N) is 1. The van der Waals surface area contributed by atoms with E-state index in [2.05, 4.69) is 10.6 Å². The molecular weight excluding hydrogens is 286 g/mol. The molecule has 0 aliphatic rings. The number of amides is 3. The van der Waals surface area contributed by atoms with Crippen LogP contribution in [0.5, 0.6) is 0 Å². The Hall–Kier alpha value is -2.57. The van der Waals surface area contributed by atoms with Crippen LogP contribution in [0.25, 0.3) is 0 Å². The second kappa shape index (κ2) is 8.66. The smallest absolute Gasteiger partial charge is 0.325 e. The highest BCUT2D eigenvalue weighted by Crippen LogP contribution is 2.02. The van der Waals surface area contributed by atoms with Crippen molar-refractivity contribution in [1.29, 1.82) is 0 Å². The molecule has 7 nitrogen and oxygen atoms in total. The van der Waals surface area contributed by atoms with Crippen LogP contribution in [0.15, 0.2) is 30.3 Å². The van der Waals surface area contributed by atoms with Crippen LogP contribution in [0.1, 0.15) is 18.9 Å². The van der Waals surface area contributed by atoms with Crippen molar-refractivity contribution in [2.75, 3.05) is 13.6 Å². The molecule has 1 aromatic carbocycles. The molecule has 0 aliphatic heterocycles. The number of carboxylic acid groups (broad SMARTS) is 1. The van der Waals surface area contributed by atoms with Crippen molar-refractivity contribution < 1.29 is 19.5 Å². The maximum atomic E-state index is 11.8. The van der Waals surface area contributed by atoms with E-state index < -0.39 is 17.9 Å². The molecule has 0 heterocycles. The minimum atomic E-state index is -1.10. The first kappa shape index (κ1) is 17.5. The lowest BCUT2D eigenvalue weighted by molar-refractivity contribution is -0.141. The number of carbonyl (C=O) groups is 3. The van der Waals surface area contributed by atoms with E-state index in [4.69, 9.17) is 5.11 Å². The topological polar surface area (TPSA) is 98.7 Å². The summed E-state index contributed by atoms with van der Waals surface area (Å²) in [4.78, 5) is 35.4. The Morgan fingerprint density at radius 3 is 2.45 bits per heavy atom. The maximum absolute atomic E-state index is 11.8. The highest BCUT2D eigenvalue weighted by Gasteiger charge is 2.14. The number of benzene rings is 1. The van der Waals surface area contributed by atoms with Crippen LogP contribution in [0.2, 0.25) is 0 Å². The minimum absolute atomic E-state index is 0.0303. The highest BCUT2D eigenvalue weighted by molar-refractivity contribution is 5.83. The third-order valence-corrected chi connectivity index (χ3v) is 2.99. The quantitative estimate of drug-likeness (QED) is 0.694. The SMILES string of the molecule is CC(NC(=O)CCNC(=O)N(C)Cc1ccccc1)C(=O)O. The summed E-state index contributed by atoms with van der Waals surface area (Å²) >= 11 is 0. The predicted octanol–water partition coefficient (Wildman–Crippen LogP) is 0.807. The summed E-state index contributed by atoms with van der Waals surface area (Å²) in [7, 11) is 1.66. The van der Waals surface area contributed by atoms with Gasteiger partial charge in [-0.25, -0.2) is 4.79 Å². The Balaban J connectivity index is 2.28. The van der Waals surface area contributed by atoms with Crippen molar-refractivity contribution >= 4 is 17.9 Å². The van der Waals surface area contributed by atoms with Gasteiger partial charge in [0.25, 0.3) is 0 Å². The molecule has 0 radical (unpaired) electrons. The molecular formula is C15H21N3O4. The van der Waals surface area contributed by atoms with Gasteiger partial charge in [-0.3, -0.25) is 9.59 Å². The number of aliphatic carboxylic acids is 1. The van der Waals surface area contributed by atoms with Crippen LogP contribution in [-0.2, 0) is 16.1 Å². The molecule has 0 saturated heterocycles. The summed E-state index contributed by atoms with van der Waals surface area (Å²) < 4.78 is 0. The first-order valence-electron chi connectivity index (χ1n) is 6.95. The van der Waals surface area contributed by atoms with Crippen molar-refractivity contribution in [2.45, 2.75) is 25.9 Å². The Labute approximate surface area is 129 Å². The normalized spacial score (nSPS) is 11.4. The predicted molar refractivity (Wildman–Crippen MR) is 81.2 cm³/mol. The summed E-state index contributed by atoms with van der Waals surface area (Å²) in [5.41, 5.74) is 1.01. The zero-order chi connectivity index (χ0) is 16.5. The Kier molecular flexibility index (Phi) is 6.88. The number of nitrogens with one attached hydrogen (secondary N) is 2. The molecule has 0 aliphatic carbocycles. The fraction of sp³-hybridized carbons (Fsp3) is 0.400. The van der Waals surface area contributed by atoms with Crippen LogP contribution in [-0.4, -0.2) is 47.5 Å². The number of carboxylic acids is 1. The second-order valence-corrected chi connectivity index (χ2v) is 4.95. The molecule has 0 fully saturated rings. The van der Waals surface area contributed by atoms with Gasteiger partial charge in [0.2, 0.25) is 5.91 Å². The molecule has 3 N–H and O–H groups in total. The van der Waals surface area contributed by atoms with Gasteiger partial charge in [0.05, 0.1) is 0 Å². The molecule has 120 valence electrons. The Morgan fingerprint density at radius 2 is 1.86 bits per heavy atom. The van der Waals surface area contributed by atoms with Crippen molar-refractivity contribution in [3.63, 3.8) is 0 Å². The summed E-state index contributed by atoms with van der Waals surface area (Å²) in [6, 6.07) is 8.31. The second-order valence-electron chi connectivity index (χ2n) is 4.95. The molecule has 1 rings (SSSR count). The molecule has 0 saturated carbocycles. The summed E-state index contributed by atoms with van der Waals surface area (Å²) in [6.45, 7) is 2.00. The van der Waals surface area contributed by atoms with E-state index in [9.17, 15) is 14.4 Å². The van der Waals surface area contributed by atoms with E-state index >= 15 is 0 Å². The standard InChI is InChI=1S/C15H21N3O4/c1-11(14(20)21)17-13(19)8-9-16-15(22)18(2)10-12-6-4-3-5-7-12/h3-7,11H,8-10H2,1-2H3,(H,16,22)(H,17,19)(H,20,21). The largest absolute Gasteiger partial charge is 0.480 e. The van der Waals surface area contributed by atoms with Crippen molar-refractivity contribution in [2.24, 2.45) is 0 Å². The van der Waals surface area contributed by atoms with Gasteiger partial charge in [0, 0.05) is 26.6 Å². The number of urea groups is 1. The highest BCUT2D eigenvalue weighted by atomic mass is 16.4. The summed E-state index contributed by atoms with van der Waals surface area (Å²) in [6.07, 6.45) is 0.0303. The minimum Gasteiger partial charge on any atom is -0.480 e. The molecule has 0 bridgehead atoms. The molecule has 22 heavy (non-hydrogen) atoms.